The Kier molecular flexibility index (Phi) is 14.2. The van der Waals surface area contributed by atoms with E-state index < -0.39 is 11.8 Å². The van der Waals surface area contributed by atoms with Crippen molar-refractivity contribution >= 4 is 46.9 Å². The summed E-state index contributed by atoms with van der Waals surface area (Å²) in [5.74, 6) is 0.856. The first kappa shape index (κ1) is 37.4. The second-order valence-electron chi connectivity index (χ2n) is 11.0. The molecule has 0 heterocycles. The number of carbonyl (C=O) groups is 3. The van der Waals surface area contributed by atoms with Crippen molar-refractivity contribution in [3.8, 4) is 23.0 Å². The second kappa shape index (κ2) is 18.9. The molecule has 10 nitrogen and oxygen atoms in total. The van der Waals surface area contributed by atoms with Gasteiger partial charge in [-0.15, -0.1) is 11.8 Å². The first-order valence-corrected chi connectivity index (χ1v) is 17.2. The first-order valence-electron chi connectivity index (χ1n) is 16.3. The largest absolute Gasteiger partial charge is 0.496 e. The highest BCUT2D eigenvalue weighted by Gasteiger charge is 2.20. The van der Waals surface area contributed by atoms with Crippen LogP contribution in [0.15, 0.2) is 102 Å². The van der Waals surface area contributed by atoms with Crippen LogP contribution in [0.2, 0.25) is 0 Å². The molecule has 0 spiro atoms. The molecule has 0 aromatic heterocycles. The zero-order valence-corrected chi connectivity index (χ0v) is 29.7. The molecule has 1 atom stereocenters. The number of hydrogen-bond acceptors (Lipinski definition) is 8. The van der Waals surface area contributed by atoms with E-state index in [4.69, 9.17) is 18.9 Å². The standard InChI is InChI=1S/C39H43N3O7S/c1-6-8-21-49-30-19-17-28(18-20-30)40-39(45)36(7-2)50-31-16-12-15-29(24-31)41-38(44)32(42-37(43)26-13-10-9-11-14-26)22-27-23-34(47-4)35(48-5)25-33(27)46-3/h9-20,22-25,36H,6-8,21H2,1-5H3,(H,40,45)(H,41,44)(H,42,43)/b32-22+. The minimum absolute atomic E-state index is 0.0324. The summed E-state index contributed by atoms with van der Waals surface area (Å²) in [7, 11) is 4.51. The van der Waals surface area contributed by atoms with Gasteiger partial charge in [0.2, 0.25) is 5.91 Å². The molecule has 0 aliphatic heterocycles. The average Bonchev–Trinajstić information content (AvgIpc) is 3.14. The van der Waals surface area contributed by atoms with Gasteiger partial charge in [-0.05, 0) is 79.6 Å². The highest BCUT2D eigenvalue weighted by molar-refractivity contribution is 8.00. The van der Waals surface area contributed by atoms with E-state index in [2.05, 4.69) is 22.9 Å². The summed E-state index contributed by atoms with van der Waals surface area (Å²) in [6.07, 6.45) is 4.13. The van der Waals surface area contributed by atoms with Crippen molar-refractivity contribution in [3.05, 3.63) is 108 Å². The van der Waals surface area contributed by atoms with Crippen molar-refractivity contribution in [2.75, 3.05) is 38.6 Å². The molecule has 50 heavy (non-hydrogen) atoms. The van der Waals surface area contributed by atoms with Crippen molar-refractivity contribution in [1.82, 2.24) is 5.32 Å². The maximum Gasteiger partial charge on any atom is 0.272 e. The summed E-state index contributed by atoms with van der Waals surface area (Å²) in [5, 5.41) is 8.23. The number of benzene rings is 4. The molecule has 262 valence electrons. The van der Waals surface area contributed by atoms with E-state index in [0.717, 1.165) is 23.5 Å². The predicted molar refractivity (Wildman–Crippen MR) is 198 cm³/mol. The van der Waals surface area contributed by atoms with Crippen LogP contribution in [-0.4, -0.2) is 50.9 Å². The Morgan fingerprint density at radius 2 is 1.46 bits per heavy atom. The van der Waals surface area contributed by atoms with Crippen LogP contribution in [0.4, 0.5) is 11.4 Å². The Morgan fingerprint density at radius 3 is 2.12 bits per heavy atom. The smallest absolute Gasteiger partial charge is 0.272 e. The molecular weight excluding hydrogens is 655 g/mol. The van der Waals surface area contributed by atoms with E-state index in [1.54, 1.807) is 60.7 Å². The Balaban J connectivity index is 1.52. The average molecular weight is 698 g/mol. The summed E-state index contributed by atoms with van der Waals surface area (Å²) in [4.78, 5) is 41.0. The van der Waals surface area contributed by atoms with Gasteiger partial charge in [0.25, 0.3) is 11.8 Å². The molecule has 1 unspecified atom stereocenters. The van der Waals surface area contributed by atoms with Gasteiger partial charge in [0, 0.05) is 33.5 Å². The number of thioether (sulfide) groups is 1. The summed E-state index contributed by atoms with van der Waals surface area (Å²) in [6.45, 7) is 4.71. The first-order chi connectivity index (χ1) is 24.3. The Labute approximate surface area is 297 Å². The normalized spacial score (nSPS) is 11.6. The second-order valence-corrected chi connectivity index (χ2v) is 12.3. The van der Waals surface area contributed by atoms with E-state index in [1.807, 2.05) is 37.3 Å². The summed E-state index contributed by atoms with van der Waals surface area (Å²) in [5.41, 5.74) is 1.98. The van der Waals surface area contributed by atoms with Crippen LogP contribution in [0, 0.1) is 0 Å². The van der Waals surface area contributed by atoms with Gasteiger partial charge in [-0.25, -0.2) is 0 Å². The molecule has 0 saturated carbocycles. The van der Waals surface area contributed by atoms with Crippen molar-refractivity contribution in [2.45, 2.75) is 43.3 Å². The van der Waals surface area contributed by atoms with E-state index >= 15 is 0 Å². The van der Waals surface area contributed by atoms with Crippen LogP contribution in [0.25, 0.3) is 6.08 Å². The SMILES string of the molecule is CCCCOc1ccc(NC(=O)C(CC)Sc2cccc(NC(=O)/C(=C\c3cc(OC)c(OC)cc3OC)NC(=O)c3ccccc3)c2)cc1. The molecule has 3 N–H and O–H groups in total. The van der Waals surface area contributed by atoms with Crippen LogP contribution >= 0.6 is 11.8 Å². The van der Waals surface area contributed by atoms with E-state index in [9.17, 15) is 14.4 Å². The minimum atomic E-state index is -0.569. The topological polar surface area (TPSA) is 124 Å². The molecule has 0 bridgehead atoms. The quantitative estimate of drug-likeness (QED) is 0.0580. The van der Waals surface area contributed by atoms with Gasteiger partial charge in [0.1, 0.15) is 17.2 Å². The fourth-order valence-electron chi connectivity index (χ4n) is 4.79. The maximum absolute atomic E-state index is 13.8. The van der Waals surface area contributed by atoms with E-state index in [0.29, 0.717) is 52.8 Å². The summed E-state index contributed by atoms with van der Waals surface area (Å²) < 4.78 is 22.1. The number of hydrogen-bond donors (Lipinski definition) is 3. The van der Waals surface area contributed by atoms with Crippen LogP contribution < -0.4 is 34.9 Å². The third-order valence-corrected chi connectivity index (χ3v) is 8.84. The van der Waals surface area contributed by atoms with Gasteiger partial charge in [0.05, 0.1) is 33.2 Å². The fraction of sp³-hybridized carbons (Fsp3) is 0.256. The van der Waals surface area contributed by atoms with Crippen molar-refractivity contribution < 1.29 is 33.3 Å². The Morgan fingerprint density at radius 1 is 0.760 bits per heavy atom. The third kappa shape index (κ3) is 10.5. The van der Waals surface area contributed by atoms with Crippen molar-refractivity contribution in [1.29, 1.82) is 0 Å². The zero-order valence-electron chi connectivity index (χ0n) is 28.9. The molecule has 4 aromatic carbocycles. The molecule has 11 heteroatoms. The number of nitrogens with one attached hydrogen (secondary N) is 3. The summed E-state index contributed by atoms with van der Waals surface area (Å²) >= 11 is 1.39. The van der Waals surface area contributed by atoms with Gasteiger partial charge in [-0.2, -0.15) is 0 Å². The molecule has 4 rings (SSSR count). The number of ether oxygens (including phenoxy) is 4. The molecule has 0 saturated heterocycles. The highest BCUT2D eigenvalue weighted by Crippen LogP contribution is 2.36. The lowest BCUT2D eigenvalue weighted by Crippen LogP contribution is -2.30. The zero-order chi connectivity index (χ0) is 35.9. The maximum atomic E-state index is 13.8. The number of amides is 3. The lowest BCUT2D eigenvalue weighted by molar-refractivity contribution is -0.116. The van der Waals surface area contributed by atoms with Crippen molar-refractivity contribution in [3.63, 3.8) is 0 Å². The van der Waals surface area contributed by atoms with Crippen LogP contribution in [0.5, 0.6) is 23.0 Å². The van der Waals surface area contributed by atoms with Gasteiger partial charge in [0.15, 0.2) is 11.5 Å². The lowest BCUT2D eigenvalue weighted by Gasteiger charge is -2.16. The van der Waals surface area contributed by atoms with E-state index in [1.165, 1.54) is 39.2 Å². The molecule has 4 aromatic rings. The van der Waals surface area contributed by atoms with E-state index in [-0.39, 0.29) is 16.9 Å². The number of anilines is 2. The highest BCUT2D eigenvalue weighted by atomic mass is 32.2. The third-order valence-electron chi connectivity index (χ3n) is 7.49. The number of methoxy groups -OCH3 is 3. The Bertz CT molecular complexity index is 1780. The fourth-order valence-corrected chi connectivity index (χ4v) is 5.80. The molecule has 0 aliphatic carbocycles. The van der Waals surface area contributed by atoms with Gasteiger partial charge in [-0.3, -0.25) is 14.4 Å². The molecule has 0 fully saturated rings. The minimum Gasteiger partial charge on any atom is -0.496 e. The van der Waals surface area contributed by atoms with Crippen LogP contribution in [-0.2, 0) is 9.59 Å². The van der Waals surface area contributed by atoms with Crippen LogP contribution in [0.3, 0.4) is 0 Å². The van der Waals surface area contributed by atoms with Gasteiger partial charge in [-0.1, -0.05) is 44.5 Å². The molecule has 3 amide bonds. The summed E-state index contributed by atoms with van der Waals surface area (Å²) in [6, 6.07) is 26.4. The number of unbranched alkanes of at least 4 members (excludes halogenated alkanes) is 1. The lowest BCUT2D eigenvalue weighted by atomic mass is 10.1. The van der Waals surface area contributed by atoms with Gasteiger partial charge >= 0.3 is 0 Å². The number of rotatable bonds is 17. The predicted octanol–water partition coefficient (Wildman–Crippen LogP) is 7.81. The van der Waals surface area contributed by atoms with Crippen LogP contribution in [0.1, 0.15) is 49.0 Å². The number of carbonyl (C=O) groups excluding carboxylic acids is 3. The Hall–Kier alpha value is -5.42. The van der Waals surface area contributed by atoms with Gasteiger partial charge < -0.3 is 34.9 Å². The molecular formula is C39H43N3O7S. The molecule has 0 aliphatic rings. The van der Waals surface area contributed by atoms with Crippen molar-refractivity contribution in [2.24, 2.45) is 0 Å². The molecule has 0 radical (unpaired) electrons. The monoisotopic (exact) mass is 697 g/mol.